The first-order chi connectivity index (χ1) is 12.2. The van der Waals surface area contributed by atoms with Gasteiger partial charge in [0.05, 0.1) is 18.2 Å². The fourth-order valence-electron chi connectivity index (χ4n) is 2.32. The molecule has 25 heavy (non-hydrogen) atoms. The van der Waals surface area contributed by atoms with Crippen molar-refractivity contribution >= 4 is 16.8 Å². The average Bonchev–Trinajstić information content (AvgIpc) is 3.13. The normalized spacial score (nSPS) is 12.1. The number of nitrogens with one attached hydrogen (secondary N) is 1. The monoisotopic (exact) mass is 341 g/mol. The molecule has 1 amide bonds. The highest BCUT2D eigenvalue weighted by Gasteiger charge is 2.16. The minimum Gasteiger partial charge on any atom is -0.486 e. The summed E-state index contributed by atoms with van der Waals surface area (Å²) in [4.78, 5) is 16.3. The second-order valence-corrected chi connectivity index (χ2v) is 5.59. The Labute approximate surface area is 144 Å². The highest BCUT2D eigenvalue weighted by atomic mass is 16.5. The molecule has 0 fully saturated rings. The molecule has 7 nitrogen and oxygen atoms in total. The summed E-state index contributed by atoms with van der Waals surface area (Å²) in [5.41, 5.74) is 1.05. The van der Waals surface area contributed by atoms with Gasteiger partial charge in [-0.1, -0.05) is 18.1 Å². The van der Waals surface area contributed by atoms with E-state index in [0.29, 0.717) is 17.9 Å². The number of aliphatic hydroxyl groups is 1. The van der Waals surface area contributed by atoms with E-state index in [1.165, 1.54) is 6.07 Å². The van der Waals surface area contributed by atoms with Crippen LogP contribution in [0.15, 0.2) is 47.1 Å². The van der Waals surface area contributed by atoms with Crippen LogP contribution in [0.3, 0.4) is 0 Å². The van der Waals surface area contributed by atoms with Crippen LogP contribution in [0, 0.1) is 0 Å². The van der Waals surface area contributed by atoms with E-state index in [0.717, 1.165) is 10.9 Å². The maximum absolute atomic E-state index is 12.0. The molecule has 0 aliphatic carbocycles. The molecule has 0 bridgehead atoms. The number of nitrogens with zero attached hydrogens (tertiary/aromatic N) is 2. The maximum Gasteiger partial charge on any atom is 0.273 e. The van der Waals surface area contributed by atoms with Gasteiger partial charge in [0.25, 0.3) is 5.91 Å². The summed E-state index contributed by atoms with van der Waals surface area (Å²) < 4.78 is 10.8. The predicted molar refractivity (Wildman–Crippen MR) is 91.2 cm³/mol. The molecule has 3 aromatic rings. The molecule has 7 heteroatoms. The second-order valence-electron chi connectivity index (χ2n) is 5.59. The van der Waals surface area contributed by atoms with Gasteiger partial charge in [-0.25, -0.2) is 0 Å². The summed E-state index contributed by atoms with van der Waals surface area (Å²) in [5.74, 6) is 0.732. The van der Waals surface area contributed by atoms with Gasteiger partial charge in [-0.2, -0.15) is 0 Å². The van der Waals surface area contributed by atoms with Gasteiger partial charge in [0.1, 0.15) is 12.4 Å². The predicted octanol–water partition coefficient (Wildman–Crippen LogP) is 2.30. The van der Waals surface area contributed by atoms with Crippen LogP contribution in [0.1, 0.15) is 29.6 Å². The van der Waals surface area contributed by atoms with E-state index in [4.69, 9.17) is 14.4 Å². The standard InChI is InChI=1S/C18H19N3O4/c1-2-13(10-22)20-18(23)17-9-15(25-21-17)11-24-14-5-6-16-12(8-14)4-3-7-19-16/h3-9,13,22H,2,10-11H2,1H3,(H,20,23). The Kier molecular flexibility index (Phi) is 5.25. The Balaban J connectivity index is 1.61. The number of fused-ring (bicyclic) bond motifs is 1. The van der Waals surface area contributed by atoms with Crippen LogP contribution in [-0.4, -0.2) is 33.8 Å². The van der Waals surface area contributed by atoms with Crippen molar-refractivity contribution in [2.24, 2.45) is 0 Å². The topological polar surface area (TPSA) is 97.5 Å². The van der Waals surface area contributed by atoms with E-state index in [-0.39, 0.29) is 30.9 Å². The van der Waals surface area contributed by atoms with Crippen molar-refractivity contribution in [1.29, 1.82) is 0 Å². The minimum atomic E-state index is -0.382. The Bertz CT molecular complexity index is 858. The number of pyridine rings is 1. The fourth-order valence-corrected chi connectivity index (χ4v) is 2.32. The number of hydrogen-bond acceptors (Lipinski definition) is 6. The molecule has 0 saturated heterocycles. The van der Waals surface area contributed by atoms with Crippen LogP contribution < -0.4 is 10.1 Å². The van der Waals surface area contributed by atoms with E-state index >= 15 is 0 Å². The number of rotatable bonds is 7. The lowest BCUT2D eigenvalue weighted by molar-refractivity contribution is 0.0905. The SMILES string of the molecule is CCC(CO)NC(=O)c1cc(COc2ccc3ncccc3c2)on1. The Hall–Kier alpha value is -2.93. The molecule has 1 unspecified atom stereocenters. The zero-order chi connectivity index (χ0) is 17.6. The van der Waals surface area contributed by atoms with Crippen molar-refractivity contribution in [3.8, 4) is 5.75 Å². The number of aromatic nitrogens is 2. The molecular formula is C18H19N3O4. The lowest BCUT2D eigenvalue weighted by Crippen LogP contribution is -2.37. The van der Waals surface area contributed by atoms with Crippen LogP contribution in [0.25, 0.3) is 10.9 Å². The molecule has 3 rings (SSSR count). The van der Waals surface area contributed by atoms with E-state index in [9.17, 15) is 4.79 Å². The first-order valence-corrected chi connectivity index (χ1v) is 8.04. The minimum absolute atomic E-state index is 0.118. The van der Waals surface area contributed by atoms with Crippen LogP contribution in [0.4, 0.5) is 0 Å². The molecule has 1 atom stereocenters. The van der Waals surface area contributed by atoms with Crippen molar-refractivity contribution in [2.75, 3.05) is 6.61 Å². The van der Waals surface area contributed by atoms with Gasteiger partial charge in [0.15, 0.2) is 11.5 Å². The number of carbonyl (C=O) groups is 1. The third-order valence-corrected chi connectivity index (χ3v) is 3.80. The number of benzene rings is 1. The smallest absolute Gasteiger partial charge is 0.273 e. The fraction of sp³-hybridized carbons (Fsp3) is 0.278. The zero-order valence-electron chi connectivity index (χ0n) is 13.8. The summed E-state index contributed by atoms with van der Waals surface area (Å²) in [6, 6.07) is 10.6. The molecule has 0 aliphatic heterocycles. The first kappa shape index (κ1) is 16.9. The van der Waals surface area contributed by atoms with Gasteiger partial charge in [0.2, 0.25) is 0 Å². The van der Waals surface area contributed by atoms with Gasteiger partial charge < -0.3 is 19.7 Å². The van der Waals surface area contributed by atoms with Crippen LogP contribution in [0.2, 0.25) is 0 Å². The van der Waals surface area contributed by atoms with E-state index in [2.05, 4.69) is 15.5 Å². The van der Waals surface area contributed by atoms with Crippen LogP contribution >= 0.6 is 0 Å². The van der Waals surface area contributed by atoms with E-state index < -0.39 is 0 Å². The van der Waals surface area contributed by atoms with Gasteiger partial charge in [0, 0.05) is 17.6 Å². The number of hydrogen-bond donors (Lipinski definition) is 2. The second kappa shape index (κ2) is 7.76. The number of amides is 1. The molecule has 0 spiro atoms. The maximum atomic E-state index is 12.0. The van der Waals surface area contributed by atoms with Crippen molar-refractivity contribution in [3.05, 3.63) is 54.0 Å². The highest BCUT2D eigenvalue weighted by Crippen LogP contribution is 2.20. The summed E-state index contributed by atoms with van der Waals surface area (Å²) in [5, 5.41) is 16.5. The van der Waals surface area contributed by atoms with Crippen LogP contribution in [0.5, 0.6) is 5.75 Å². The summed E-state index contributed by atoms with van der Waals surface area (Å²) >= 11 is 0. The summed E-state index contributed by atoms with van der Waals surface area (Å²) in [6.45, 7) is 1.92. The quantitative estimate of drug-likeness (QED) is 0.684. The number of carbonyl (C=O) groups excluding carboxylic acids is 1. The molecular weight excluding hydrogens is 322 g/mol. The lowest BCUT2D eigenvalue weighted by atomic mass is 10.2. The molecule has 1 aromatic carbocycles. The average molecular weight is 341 g/mol. The van der Waals surface area contributed by atoms with Gasteiger partial charge in [-0.3, -0.25) is 9.78 Å². The van der Waals surface area contributed by atoms with Crippen molar-refractivity contribution in [2.45, 2.75) is 26.0 Å². The zero-order valence-corrected chi connectivity index (χ0v) is 13.8. The molecule has 130 valence electrons. The van der Waals surface area contributed by atoms with Crippen LogP contribution in [-0.2, 0) is 6.61 Å². The van der Waals surface area contributed by atoms with E-state index in [1.54, 1.807) is 6.20 Å². The lowest BCUT2D eigenvalue weighted by Gasteiger charge is -2.12. The molecule has 0 radical (unpaired) electrons. The summed E-state index contributed by atoms with van der Waals surface area (Å²) in [7, 11) is 0. The largest absolute Gasteiger partial charge is 0.486 e. The van der Waals surface area contributed by atoms with Crippen molar-refractivity contribution in [3.63, 3.8) is 0 Å². The molecule has 2 aromatic heterocycles. The number of aliphatic hydroxyl groups excluding tert-OH is 1. The molecule has 0 aliphatic rings. The summed E-state index contributed by atoms with van der Waals surface area (Å²) in [6.07, 6.45) is 2.37. The van der Waals surface area contributed by atoms with Gasteiger partial charge in [-0.15, -0.1) is 0 Å². The molecule has 0 saturated carbocycles. The molecule has 2 heterocycles. The van der Waals surface area contributed by atoms with Crippen molar-refractivity contribution < 1.29 is 19.2 Å². The Morgan fingerprint density at radius 2 is 2.24 bits per heavy atom. The van der Waals surface area contributed by atoms with Gasteiger partial charge >= 0.3 is 0 Å². The highest BCUT2D eigenvalue weighted by molar-refractivity contribution is 5.92. The van der Waals surface area contributed by atoms with Crippen molar-refractivity contribution in [1.82, 2.24) is 15.5 Å². The third-order valence-electron chi connectivity index (χ3n) is 3.80. The first-order valence-electron chi connectivity index (χ1n) is 8.04. The Morgan fingerprint density at radius 3 is 3.04 bits per heavy atom. The Morgan fingerprint density at radius 1 is 1.36 bits per heavy atom. The van der Waals surface area contributed by atoms with E-state index in [1.807, 2.05) is 37.3 Å². The molecule has 2 N–H and O–H groups in total. The number of ether oxygens (including phenoxy) is 1. The van der Waals surface area contributed by atoms with Gasteiger partial charge in [-0.05, 0) is 30.7 Å². The third kappa shape index (κ3) is 4.13.